The van der Waals surface area contributed by atoms with Crippen molar-refractivity contribution in [3.63, 3.8) is 0 Å². The van der Waals surface area contributed by atoms with Gasteiger partial charge < -0.3 is 4.74 Å². The number of hydrogen-bond acceptors (Lipinski definition) is 3. The summed E-state index contributed by atoms with van der Waals surface area (Å²) in [6, 6.07) is 9.98. The van der Waals surface area contributed by atoms with Crippen LogP contribution in [0.2, 0.25) is 0 Å². The van der Waals surface area contributed by atoms with E-state index in [4.69, 9.17) is 4.74 Å². The van der Waals surface area contributed by atoms with Gasteiger partial charge in [-0.25, -0.2) is 0 Å². The first-order valence-electron chi connectivity index (χ1n) is 5.49. The zero-order valence-electron chi connectivity index (χ0n) is 9.97. The van der Waals surface area contributed by atoms with Crippen LogP contribution in [-0.4, -0.2) is 16.9 Å². The lowest BCUT2D eigenvalue weighted by molar-refractivity contribution is 0.400. The van der Waals surface area contributed by atoms with Crippen LogP contribution in [0.25, 0.3) is 0 Å². The van der Waals surface area contributed by atoms with Gasteiger partial charge in [-0.2, -0.15) is 5.10 Å². The average Bonchev–Trinajstić information content (AvgIpc) is 2.41. The minimum absolute atomic E-state index is 0.129. The van der Waals surface area contributed by atoms with Gasteiger partial charge >= 0.3 is 0 Å². The maximum atomic E-state index is 11.8. The molecule has 0 atom stereocenters. The van der Waals surface area contributed by atoms with Crippen LogP contribution < -0.4 is 10.2 Å². The summed E-state index contributed by atoms with van der Waals surface area (Å²) in [5.74, 6) is 0.340. The van der Waals surface area contributed by atoms with Crippen molar-refractivity contribution in [3.05, 3.63) is 58.0 Å². The van der Waals surface area contributed by atoms with Crippen LogP contribution in [0, 0.1) is 0 Å². The van der Waals surface area contributed by atoms with Crippen molar-refractivity contribution in [2.75, 3.05) is 7.11 Å². The number of benzene rings is 1. The van der Waals surface area contributed by atoms with E-state index in [0.717, 1.165) is 5.56 Å². The Hall–Kier alpha value is -1.37. The summed E-state index contributed by atoms with van der Waals surface area (Å²) < 4.78 is 7.40. The molecule has 2 rings (SSSR count). The molecule has 0 unspecified atom stereocenters. The summed E-state index contributed by atoms with van der Waals surface area (Å²) in [6.07, 6.45) is 1.64. The van der Waals surface area contributed by atoms with Gasteiger partial charge in [0, 0.05) is 4.43 Å². The molecule has 0 aliphatic carbocycles. The highest BCUT2D eigenvalue weighted by atomic mass is 127. The van der Waals surface area contributed by atoms with Crippen LogP contribution in [0.15, 0.2) is 41.3 Å². The van der Waals surface area contributed by atoms with Gasteiger partial charge in [0.05, 0.1) is 19.9 Å². The van der Waals surface area contributed by atoms with Crippen LogP contribution >= 0.6 is 22.6 Å². The van der Waals surface area contributed by atoms with Gasteiger partial charge in [0.25, 0.3) is 0 Å². The van der Waals surface area contributed by atoms with E-state index >= 15 is 0 Å². The first-order valence-corrected chi connectivity index (χ1v) is 7.01. The summed E-state index contributed by atoms with van der Waals surface area (Å²) in [6.45, 7) is 0.626. The highest BCUT2D eigenvalue weighted by Crippen LogP contribution is 2.08. The van der Waals surface area contributed by atoms with Gasteiger partial charge in [-0.15, -0.1) is 0 Å². The molecule has 0 amide bonds. The van der Waals surface area contributed by atoms with Crippen molar-refractivity contribution in [2.24, 2.45) is 0 Å². The molecule has 1 heterocycles. The van der Waals surface area contributed by atoms with E-state index in [-0.39, 0.29) is 5.43 Å². The van der Waals surface area contributed by atoms with Crippen molar-refractivity contribution in [1.82, 2.24) is 9.78 Å². The number of halogens is 1. The van der Waals surface area contributed by atoms with Gasteiger partial charge in [-0.05, 0) is 5.56 Å². The second-order valence-electron chi connectivity index (χ2n) is 3.79. The first kappa shape index (κ1) is 13.1. The second kappa shape index (κ2) is 5.99. The molecule has 94 valence electrons. The third-order valence-electron chi connectivity index (χ3n) is 2.54. The maximum absolute atomic E-state index is 11.8. The molecule has 1 aromatic carbocycles. The van der Waals surface area contributed by atoms with E-state index in [1.807, 2.05) is 30.3 Å². The van der Waals surface area contributed by atoms with E-state index in [1.165, 1.54) is 7.11 Å². The maximum Gasteiger partial charge on any atom is 0.245 e. The Morgan fingerprint density at radius 3 is 2.67 bits per heavy atom. The lowest BCUT2D eigenvalue weighted by Gasteiger charge is -2.09. The molecular formula is C13H13IN2O2. The van der Waals surface area contributed by atoms with E-state index in [2.05, 4.69) is 27.7 Å². The quantitative estimate of drug-likeness (QED) is 0.624. The minimum atomic E-state index is -0.129. The summed E-state index contributed by atoms with van der Waals surface area (Å²) in [5, 5.41) is 4.31. The number of rotatable bonds is 4. The molecule has 0 aliphatic heterocycles. The van der Waals surface area contributed by atoms with E-state index in [1.54, 1.807) is 10.9 Å². The number of ether oxygens (including phenoxy) is 1. The van der Waals surface area contributed by atoms with Gasteiger partial charge in [-0.1, -0.05) is 52.9 Å². The van der Waals surface area contributed by atoms with Gasteiger partial charge in [-0.3, -0.25) is 9.48 Å². The topological polar surface area (TPSA) is 44.1 Å². The number of aromatic nitrogens is 2. The normalized spacial score (nSPS) is 10.3. The number of hydrogen-bond donors (Lipinski definition) is 0. The SMILES string of the molecule is COc1cn(Cc2ccccc2)nc(CI)c1=O. The number of methoxy groups -OCH3 is 1. The second-order valence-corrected chi connectivity index (χ2v) is 4.55. The zero-order valence-corrected chi connectivity index (χ0v) is 12.1. The van der Waals surface area contributed by atoms with E-state index in [0.29, 0.717) is 22.4 Å². The third kappa shape index (κ3) is 2.90. The summed E-state index contributed by atoms with van der Waals surface area (Å²) in [4.78, 5) is 11.8. The molecule has 4 nitrogen and oxygen atoms in total. The molecule has 0 N–H and O–H groups in total. The van der Waals surface area contributed by atoms with Crippen LogP contribution in [0.3, 0.4) is 0 Å². The highest BCUT2D eigenvalue weighted by molar-refractivity contribution is 14.1. The monoisotopic (exact) mass is 356 g/mol. The van der Waals surface area contributed by atoms with E-state index < -0.39 is 0 Å². The Morgan fingerprint density at radius 2 is 2.06 bits per heavy atom. The van der Waals surface area contributed by atoms with Crippen LogP contribution in [0.5, 0.6) is 5.75 Å². The van der Waals surface area contributed by atoms with Crippen molar-refractivity contribution in [3.8, 4) is 5.75 Å². The molecular weight excluding hydrogens is 343 g/mol. The smallest absolute Gasteiger partial charge is 0.245 e. The Morgan fingerprint density at radius 1 is 1.33 bits per heavy atom. The predicted molar refractivity (Wildman–Crippen MR) is 78.3 cm³/mol. The molecule has 0 spiro atoms. The minimum Gasteiger partial charge on any atom is -0.491 e. The fourth-order valence-corrected chi connectivity index (χ4v) is 2.15. The fourth-order valence-electron chi connectivity index (χ4n) is 1.65. The molecule has 0 aliphatic rings. The van der Waals surface area contributed by atoms with Gasteiger partial charge in [0.15, 0.2) is 5.75 Å². The Balaban J connectivity index is 2.37. The molecule has 0 saturated heterocycles. The van der Waals surface area contributed by atoms with E-state index in [9.17, 15) is 4.79 Å². The zero-order chi connectivity index (χ0) is 13.0. The van der Waals surface area contributed by atoms with Crippen molar-refractivity contribution in [2.45, 2.75) is 11.0 Å². The Kier molecular flexibility index (Phi) is 4.35. The summed E-state index contributed by atoms with van der Waals surface area (Å²) in [5.41, 5.74) is 1.53. The first-order chi connectivity index (χ1) is 8.74. The highest BCUT2D eigenvalue weighted by Gasteiger charge is 2.08. The average molecular weight is 356 g/mol. The molecule has 0 fully saturated rings. The molecule has 0 bridgehead atoms. The largest absolute Gasteiger partial charge is 0.491 e. The van der Waals surface area contributed by atoms with Gasteiger partial charge in [0.1, 0.15) is 5.69 Å². The Bertz CT molecular complexity index is 553. The van der Waals surface area contributed by atoms with Crippen molar-refractivity contribution >= 4 is 22.6 Å². The van der Waals surface area contributed by atoms with Crippen LogP contribution in [-0.2, 0) is 11.0 Å². The Labute approximate surface area is 119 Å². The number of nitrogens with zero attached hydrogens (tertiary/aromatic N) is 2. The summed E-state index contributed by atoms with van der Waals surface area (Å²) >= 11 is 2.13. The lowest BCUT2D eigenvalue weighted by Crippen LogP contribution is -2.19. The molecule has 0 saturated carbocycles. The fraction of sp³-hybridized carbons (Fsp3) is 0.231. The number of alkyl halides is 1. The standard InChI is InChI=1S/C13H13IN2O2/c1-18-12-9-16(15-11(7-14)13(12)17)8-10-5-3-2-4-6-10/h2-6,9H,7-8H2,1H3. The molecule has 1 aromatic heterocycles. The van der Waals surface area contributed by atoms with Gasteiger partial charge in [0.2, 0.25) is 5.43 Å². The lowest BCUT2D eigenvalue weighted by atomic mass is 10.2. The van der Waals surface area contributed by atoms with Crippen molar-refractivity contribution < 1.29 is 4.74 Å². The van der Waals surface area contributed by atoms with Crippen LogP contribution in [0.4, 0.5) is 0 Å². The predicted octanol–water partition coefficient (Wildman–Crippen LogP) is 2.24. The molecule has 18 heavy (non-hydrogen) atoms. The molecule has 0 radical (unpaired) electrons. The third-order valence-corrected chi connectivity index (χ3v) is 3.26. The van der Waals surface area contributed by atoms with Crippen molar-refractivity contribution in [1.29, 1.82) is 0 Å². The molecule has 5 heteroatoms. The van der Waals surface area contributed by atoms with Crippen LogP contribution in [0.1, 0.15) is 11.3 Å². The molecule has 2 aromatic rings. The summed E-state index contributed by atoms with van der Waals surface area (Å²) in [7, 11) is 1.50.